The first-order chi connectivity index (χ1) is 57.3. The van der Waals surface area contributed by atoms with Crippen LogP contribution in [0, 0.1) is 0 Å². The number of hydrogen-bond donors (Lipinski definition) is 9. The van der Waals surface area contributed by atoms with Crippen molar-refractivity contribution in [2.45, 2.75) is 343 Å². The van der Waals surface area contributed by atoms with E-state index in [-0.39, 0.29) is 0 Å². The number of pyridine rings is 1. The highest BCUT2D eigenvalue weighted by Gasteiger charge is 2.08. The zero-order chi connectivity index (χ0) is 94.5. The Hall–Kier alpha value is -5.26. The third-order valence-electron chi connectivity index (χ3n) is 9.70. The lowest BCUT2D eigenvalue weighted by atomic mass is 10.2. The molecule has 0 saturated carbocycles. The van der Waals surface area contributed by atoms with Gasteiger partial charge in [-0.15, -0.1) is 0 Å². The summed E-state index contributed by atoms with van der Waals surface area (Å²) in [6.45, 7) is 112. The van der Waals surface area contributed by atoms with E-state index in [2.05, 4.69) is 124 Å². The average molecular weight is 1650 g/mol. The molecule has 6 fully saturated rings. The Morgan fingerprint density at radius 2 is 0.530 bits per heavy atom. The van der Waals surface area contributed by atoms with Gasteiger partial charge in [0, 0.05) is 154 Å². The number of ether oxygens (including phenoxy) is 1. The molecule has 4 aromatic rings. The fraction of sp³-hybridized carbons (Fsp3) is 0.768. The molecule has 12 heterocycles. The summed E-state index contributed by atoms with van der Waals surface area (Å²) in [7, 11) is 4.35. The van der Waals surface area contributed by atoms with Crippen LogP contribution in [0.3, 0.4) is 0 Å². The van der Waals surface area contributed by atoms with Crippen LogP contribution in [0.4, 0.5) is 0 Å². The number of piperazine rings is 2. The summed E-state index contributed by atoms with van der Waals surface area (Å²) < 4.78 is 5.01. The van der Waals surface area contributed by atoms with Crippen molar-refractivity contribution in [1.29, 1.82) is 0 Å². The average Bonchev–Trinajstić information content (AvgIpc) is 1.44. The molecular formula is C95H223N19O. The van der Waals surface area contributed by atoms with E-state index in [0.717, 1.165) is 91.8 Å². The SMILES string of the molecule is C1=CNC=CC1.C1=NCCN1.C1CCNC1.C1CCNCC1.C1CNCCN1.C1CNCN1.C1COCCN1.CC.CC.CC.CC.CC.CC.CC.CC.CC.CC.CC.CC.CC.CC.CC.CC.CC.CC.CC.CC.CC.CC.CN1CCN(C)CC1.c1ccncc1.c1ccnnc1.c1cnccn1.c1cncnc1. The maximum atomic E-state index is 5.01. The molecule has 0 bridgehead atoms. The van der Waals surface area contributed by atoms with Crippen LogP contribution < -0.4 is 47.9 Å². The second-order valence-corrected chi connectivity index (χ2v) is 15.8. The second-order valence-electron chi connectivity index (χ2n) is 15.8. The predicted molar refractivity (Wildman–Crippen MR) is 542 cm³/mol. The van der Waals surface area contributed by atoms with Crippen LogP contribution in [0.1, 0.15) is 343 Å². The third kappa shape index (κ3) is 270. The standard InChI is InChI=1S/C6H14N2.C5H11N.C5H7N.C5H5N.C4H10N2.3C4H4N2.C4H9NO.C4H9N.C3H8N2.C3H6N2.22C2H6/c1-7-3-5-8(2)6-4-7;3*1-2-4-6-5-3-1;2*1-2-6-4-3-5-1;1-2-5-4-6-3-1;1-2-4-6-5-3-1;1-3-6-4-2-5-1;1-2-4-5-3-1;2*1-2-5-3-4-1;22*1-2/h3-6H2,1-2H3;6H,1-5H2;2-6H,1H2;1-5H;5-6H,1-4H2;3*1-4H;5H,1-4H2;5H,1-4H2;4-5H,1-3H2;3H,1-2H2,(H,4,5);22*1-2H3. The third-order valence-corrected chi connectivity index (χ3v) is 9.70. The highest BCUT2D eigenvalue weighted by Crippen LogP contribution is 1.97. The zero-order valence-corrected chi connectivity index (χ0v) is 87.2. The van der Waals surface area contributed by atoms with Crippen molar-refractivity contribution in [1.82, 2.24) is 92.8 Å². The van der Waals surface area contributed by atoms with Crippen molar-refractivity contribution < 1.29 is 4.74 Å². The summed E-state index contributed by atoms with van der Waals surface area (Å²) in [5.41, 5.74) is 0. The van der Waals surface area contributed by atoms with E-state index in [1.54, 1.807) is 74.4 Å². The molecule has 0 aromatic carbocycles. The number of likely N-dealkylation sites (N-methyl/N-ethyl adjacent to an activating group) is 2. The van der Waals surface area contributed by atoms with Crippen molar-refractivity contribution in [2.75, 3.05) is 152 Å². The molecule has 20 heteroatoms. The van der Waals surface area contributed by atoms with Gasteiger partial charge < -0.3 is 62.4 Å². The summed E-state index contributed by atoms with van der Waals surface area (Å²) in [4.78, 5) is 27.1. The minimum absolute atomic E-state index is 0.889. The number of nitrogens with zero attached hydrogens (tertiary/aromatic N) is 10. The van der Waals surface area contributed by atoms with Gasteiger partial charge in [-0.1, -0.05) is 329 Å². The van der Waals surface area contributed by atoms with E-state index >= 15 is 0 Å². The molecule has 20 nitrogen and oxygen atoms in total. The topological polar surface area (TPSA) is 227 Å². The normalized spacial score (nSPS) is 12.2. The largest absolute Gasteiger partial charge is 0.379 e. The number of rotatable bonds is 0. The number of allylic oxidation sites excluding steroid dienone is 2. The van der Waals surface area contributed by atoms with Gasteiger partial charge in [0.05, 0.1) is 26.1 Å². The van der Waals surface area contributed by atoms with Crippen molar-refractivity contribution in [3.63, 3.8) is 0 Å². The van der Waals surface area contributed by atoms with Gasteiger partial charge in [0.15, 0.2) is 0 Å². The molecule has 115 heavy (non-hydrogen) atoms. The number of nitrogens with one attached hydrogen (secondary N) is 9. The van der Waals surface area contributed by atoms with Gasteiger partial charge in [0.2, 0.25) is 0 Å². The molecule has 0 spiro atoms. The number of morpholine rings is 1. The fourth-order valence-electron chi connectivity index (χ4n) is 5.70. The summed E-state index contributed by atoms with van der Waals surface area (Å²) >= 11 is 0. The Morgan fingerprint density at radius 3 is 0.643 bits per heavy atom. The lowest BCUT2D eigenvalue weighted by molar-refractivity contribution is 0.109. The molecule has 0 aliphatic carbocycles. The molecule has 9 N–H and O–H groups in total. The van der Waals surface area contributed by atoms with E-state index in [0.29, 0.717) is 0 Å². The Kier molecular flexibility index (Phi) is 403. The molecule has 8 aliphatic rings. The molecule has 0 unspecified atom stereocenters. The first-order valence-corrected chi connectivity index (χ1v) is 47.4. The van der Waals surface area contributed by atoms with Crippen molar-refractivity contribution >= 4 is 6.34 Å². The van der Waals surface area contributed by atoms with Crippen LogP contribution in [-0.2, 0) is 4.74 Å². The number of aromatic nitrogens is 7. The Labute approximate surface area is 729 Å². The molecule has 0 radical (unpaired) electrons. The van der Waals surface area contributed by atoms with Gasteiger partial charge in [-0.3, -0.25) is 19.9 Å². The summed E-state index contributed by atoms with van der Waals surface area (Å²) in [6.07, 6.45) is 36.0. The summed E-state index contributed by atoms with van der Waals surface area (Å²) in [5.74, 6) is 0. The molecule has 704 valence electrons. The smallest absolute Gasteiger partial charge is 0.115 e. The second kappa shape index (κ2) is 275. The van der Waals surface area contributed by atoms with Gasteiger partial charge in [-0.05, 0) is 115 Å². The van der Waals surface area contributed by atoms with Gasteiger partial charge in [-0.2, -0.15) is 10.2 Å². The predicted octanol–water partition coefficient (Wildman–Crippen LogP) is 24.6. The number of aliphatic imine (C=N–C) groups is 1. The number of dihydropyridines is 1. The van der Waals surface area contributed by atoms with E-state index in [4.69, 9.17) is 4.74 Å². The van der Waals surface area contributed by atoms with E-state index in [9.17, 15) is 0 Å². The highest BCUT2D eigenvalue weighted by atomic mass is 16.5. The summed E-state index contributed by atoms with van der Waals surface area (Å²) in [6, 6.07) is 11.1. The van der Waals surface area contributed by atoms with Gasteiger partial charge in [0.1, 0.15) is 6.33 Å². The van der Waals surface area contributed by atoms with E-state index in [1.807, 2.05) is 347 Å². The van der Waals surface area contributed by atoms with Crippen LogP contribution in [0.2, 0.25) is 0 Å². The van der Waals surface area contributed by atoms with Crippen LogP contribution in [0.5, 0.6) is 0 Å². The van der Waals surface area contributed by atoms with Crippen molar-refractivity contribution in [3.05, 3.63) is 129 Å². The maximum Gasteiger partial charge on any atom is 0.115 e. The van der Waals surface area contributed by atoms with Gasteiger partial charge in [-0.25, -0.2) is 9.97 Å². The minimum atomic E-state index is 0.889. The zero-order valence-electron chi connectivity index (χ0n) is 87.2. The molecule has 0 amide bonds. The Bertz CT molecular complexity index is 1250. The fourth-order valence-corrected chi connectivity index (χ4v) is 5.70. The lowest BCUT2D eigenvalue weighted by Crippen LogP contribution is -2.42. The summed E-state index contributed by atoms with van der Waals surface area (Å²) in [5, 5.41) is 35.3. The number of piperidine rings is 1. The first-order valence-electron chi connectivity index (χ1n) is 47.4. The molecule has 0 atom stereocenters. The van der Waals surface area contributed by atoms with Crippen LogP contribution in [0.15, 0.2) is 134 Å². The maximum absolute atomic E-state index is 5.01. The molecule has 12 rings (SSSR count). The van der Waals surface area contributed by atoms with Gasteiger partial charge >= 0.3 is 0 Å². The van der Waals surface area contributed by atoms with E-state index in [1.165, 1.54) is 90.8 Å². The lowest BCUT2D eigenvalue weighted by Gasteiger charge is -2.28. The monoisotopic (exact) mass is 1650 g/mol. The quantitative estimate of drug-likeness (QED) is 0.0798. The highest BCUT2D eigenvalue weighted by molar-refractivity contribution is 5.56. The van der Waals surface area contributed by atoms with Crippen molar-refractivity contribution in [2.24, 2.45) is 4.99 Å². The molecule has 6 saturated heterocycles. The van der Waals surface area contributed by atoms with Crippen molar-refractivity contribution in [3.8, 4) is 0 Å². The van der Waals surface area contributed by atoms with Gasteiger partial charge in [0.25, 0.3) is 0 Å². The number of hydrogen-bond acceptors (Lipinski definition) is 20. The molecule has 8 aliphatic heterocycles. The first kappa shape index (κ1) is 169. The van der Waals surface area contributed by atoms with E-state index < -0.39 is 0 Å². The minimum Gasteiger partial charge on any atom is -0.379 e. The Balaban J connectivity index is -0.0000000393. The molecule has 4 aromatic heterocycles. The van der Waals surface area contributed by atoms with Crippen LogP contribution >= 0.6 is 0 Å². The molecular weight excluding hydrogens is 1420 g/mol. The Morgan fingerprint density at radius 1 is 0.261 bits per heavy atom. The van der Waals surface area contributed by atoms with Crippen LogP contribution in [-0.4, -0.2) is 203 Å². The van der Waals surface area contributed by atoms with Crippen LogP contribution in [0.25, 0.3) is 0 Å².